The average Bonchev–Trinajstić information content (AvgIpc) is 3.14. The summed E-state index contributed by atoms with van der Waals surface area (Å²) in [7, 11) is 0. The molecular weight excluding hydrogens is 734 g/mol. The van der Waals surface area contributed by atoms with E-state index in [4.69, 9.17) is 55.9 Å². The maximum absolute atomic E-state index is 14.5. The number of rotatable bonds is 16. The number of carbonyl (C=O) groups is 2. The number of nitrogens with zero attached hydrogens (tertiary/aromatic N) is 4. The smallest absolute Gasteiger partial charge is 0.254 e. The van der Waals surface area contributed by atoms with Crippen LogP contribution in [0.5, 0.6) is 5.75 Å². The fraction of sp³-hybridized carbons (Fsp3) is 0.474. The highest BCUT2D eigenvalue weighted by atomic mass is 35.5. The molecule has 0 spiro atoms. The van der Waals surface area contributed by atoms with Gasteiger partial charge < -0.3 is 24.4 Å². The molecule has 0 radical (unpaired) electrons. The van der Waals surface area contributed by atoms with Crippen molar-refractivity contribution in [2.24, 2.45) is 0 Å². The van der Waals surface area contributed by atoms with E-state index >= 15 is 0 Å². The molecule has 13 heteroatoms. The third kappa shape index (κ3) is 12.0. The molecule has 5 rings (SSSR count). The van der Waals surface area contributed by atoms with Gasteiger partial charge in [0.15, 0.2) is 0 Å². The van der Waals surface area contributed by atoms with Crippen molar-refractivity contribution in [3.05, 3.63) is 96.9 Å². The van der Waals surface area contributed by atoms with Crippen LogP contribution >= 0.6 is 46.4 Å². The highest BCUT2D eigenvalue weighted by Gasteiger charge is 2.26. The second kappa shape index (κ2) is 20.0. The Balaban J connectivity index is 1.36. The number of hydrogen-bond donors (Lipinski definition) is 1. The molecule has 51 heavy (non-hydrogen) atoms. The van der Waals surface area contributed by atoms with Crippen molar-refractivity contribution in [1.82, 2.24) is 19.6 Å². The Morgan fingerprint density at radius 3 is 1.49 bits per heavy atom. The maximum atomic E-state index is 14.5. The van der Waals surface area contributed by atoms with Gasteiger partial charge in [0.2, 0.25) is 0 Å². The molecule has 2 aliphatic rings. The van der Waals surface area contributed by atoms with Gasteiger partial charge in [-0.15, -0.1) is 0 Å². The first-order valence-corrected chi connectivity index (χ1v) is 19.1. The molecule has 2 fully saturated rings. The Bertz CT molecular complexity index is 1620. The first kappa shape index (κ1) is 39.6. The molecule has 3 aromatic carbocycles. The van der Waals surface area contributed by atoms with Gasteiger partial charge in [-0.25, -0.2) is 0 Å². The standard InChI is InChI=1S/C38H46Cl4N4O5/c39-33-7-3-28(25-35(33)41)9-15-45(13-1-11-43-17-21-50-22-18-43)37(48)31-6-5-30(47)27-32(31)38(49)46(14-2-12-44-19-23-51-24-20-44)16-10-29-4-8-34(40)36(42)26-29/h3-8,25-27,47H,1-2,9-24H2. The summed E-state index contributed by atoms with van der Waals surface area (Å²) in [5, 5.41) is 12.5. The van der Waals surface area contributed by atoms with Crippen LogP contribution in [0.3, 0.4) is 0 Å². The normalized spacial score (nSPS) is 15.5. The summed E-state index contributed by atoms with van der Waals surface area (Å²) in [6.07, 6.45) is 2.59. The van der Waals surface area contributed by atoms with E-state index < -0.39 is 0 Å². The molecule has 2 amide bonds. The van der Waals surface area contributed by atoms with Crippen LogP contribution in [0, 0.1) is 0 Å². The summed E-state index contributed by atoms with van der Waals surface area (Å²) < 4.78 is 11.0. The van der Waals surface area contributed by atoms with Crippen LogP contribution < -0.4 is 0 Å². The number of phenols is 1. The van der Waals surface area contributed by atoms with Crippen molar-refractivity contribution in [3.8, 4) is 5.75 Å². The van der Waals surface area contributed by atoms with E-state index in [9.17, 15) is 14.7 Å². The van der Waals surface area contributed by atoms with Gasteiger partial charge in [0.1, 0.15) is 5.75 Å². The molecule has 0 aromatic heterocycles. The Morgan fingerprint density at radius 1 is 0.588 bits per heavy atom. The van der Waals surface area contributed by atoms with E-state index in [1.54, 1.807) is 28.0 Å². The molecule has 2 saturated heterocycles. The number of ether oxygens (including phenoxy) is 2. The first-order valence-electron chi connectivity index (χ1n) is 17.6. The Morgan fingerprint density at radius 2 is 1.04 bits per heavy atom. The molecule has 3 aromatic rings. The quantitative estimate of drug-likeness (QED) is 0.171. The molecule has 1 N–H and O–H groups in total. The van der Waals surface area contributed by atoms with Gasteiger partial charge in [-0.3, -0.25) is 19.4 Å². The van der Waals surface area contributed by atoms with Crippen LogP contribution in [-0.2, 0) is 22.3 Å². The van der Waals surface area contributed by atoms with Crippen molar-refractivity contribution >= 4 is 58.2 Å². The number of morpholine rings is 2. The van der Waals surface area contributed by atoms with E-state index in [2.05, 4.69) is 9.80 Å². The third-order valence-corrected chi connectivity index (χ3v) is 10.8. The molecule has 0 aliphatic carbocycles. The highest BCUT2D eigenvalue weighted by Crippen LogP contribution is 2.26. The molecule has 0 saturated carbocycles. The van der Waals surface area contributed by atoms with E-state index in [1.165, 1.54) is 12.1 Å². The third-order valence-electron chi connectivity index (χ3n) is 9.36. The van der Waals surface area contributed by atoms with Crippen LogP contribution in [0.1, 0.15) is 44.7 Å². The van der Waals surface area contributed by atoms with Crippen molar-refractivity contribution < 1.29 is 24.2 Å². The predicted molar refractivity (Wildman–Crippen MR) is 204 cm³/mol. The summed E-state index contributed by atoms with van der Waals surface area (Å²) in [5.41, 5.74) is 2.32. The van der Waals surface area contributed by atoms with Crippen molar-refractivity contribution in [2.45, 2.75) is 25.7 Å². The average molecular weight is 781 g/mol. The molecule has 0 unspecified atom stereocenters. The lowest BCUT2D eigenvalue weighted by Gasteiger charge is -2.30. The molecule has 0 atom stereocenters. The Kier molecular flexibility index (Phi) is 15.5. The highest BCUT2D eigenvalue weighted by molar-refractivity contribution is 6.42. The number of halogens is 4. The predicted octanol–water partition coefficient (Wildman–Crippen LogP) is 6.82. The molecule has 2 aliphatic heterocycles. The fourth-order valence-corrected chi connectivity index (χ4v) is 7.05. The summed E-state index contributed by atoms with van der Waals surface area (Å²) in [5.74, 6) is -0.658. The number of benzene rings is 3. The number of amides is 2. The van der Waals surface area contributed by atoms with Crippen molar-refractivity contribution in [1.29, 1.82) is 0 Å². The zero-order valence-corrected chi connectivity index (χ0v) is 31.8. The van der Waals surface area contributed by atoms with Gasteiger partial charge in [0.05, 0.1) is 57.6 Å². The summed E-state index contributed by atoms with van der Waals surface area (Å²) in [6, 6.07) is 15.4. The number of hydrogen-bond acceptors (Lipinski definition) is 7. The number of carbonyl (C=O) groups excluding carboxylic acids is 2. The molecular formula is C38H46Cl4N4O5. The van der Waals surface area contributed by atoms with E-state index in [0.717, 1.165) is 63.2 Å². The minimum Gasteiger partial charge on any atom is -0.508 e. The lowest BCUT2D eigenvalue weighted by atomic mass is 10.0. The van der Waals surface area contributed by atoms with E-state index in [0.29, 0.717) is 85.5 Å². The van der Waals surface area contributed by atoms with E-state index in [1.807, 2.05) is 24.3 Å². The monoisotopic (exact) mass is 778 g/mol. The summed E-state index contributed by atoms with van der Waals surface area (Å²) in [4.78, 5) is 37.1. The number of phenolic OH excluding ortho intramolecular Hbond substituents is 1. The maximum Gasteiger partial charge on any atom is 0.254 e. The molecule has 9 nitrogen and oxygen atoms in total. The van der Waals surface area contributed by atoms with Gasteiger partial charge in [-0.1, -0.05) is 58.5 Å². The minimum atomic E-state index is -0.311. The van der Waals surface area contributed by atoms with E-state index in [-0.39, 0.29) is 28.7 Å². The van der Waals surface area contributed by atoms with Crippen LogP contribution in [0.15, 0.2) is 54.6 Å². The second-order valence-corrected chi connectivity index (χ2v) is 14.6. The van der Waals surface area contributed by atoms with Crippen molar-refractivity contribution in [3.63, 3.8) is 0 Å². The lowest BCUT2D eigenvalue weighted by molar-refractivity contribution is 0.0356. The lowest BCUT2D eigenvalue weighted by Crippen LogP contribution is -2.41. The fourth-order valence-electron chi connectivity index (χ4n) is 6.40. The SMILES string of the molecule is O=C(c1ccc(O)cc1C(=O)N(CCCN1CCOCC1)CCc1ccc(Cl)c(Cl)c1)N(CCCN1CCOCC1)CCc1ccc(Cl)c(Cl)c1. The van der Waals surface area contributed by atoms with Gasteiger partial charge in [-0.2, -0.15) is 0 Å². The Hall–Kier alpha value is -2.60. The van der Waals surface area contributed by atoms with Gasteiger partial charge in [-0.05, 0) is 79.3 Å². The topological polar surface area (TPSA) is 85.8 Å². The van der Waals surface area contributed by atoms with Crippen LogP contribution in [0.2, 0.25) is 20.1 Å². The summed E-state index contributed by atoms with van der Waals surface area (Å²) in [6.45, 7) is 9.63. The Labute approximate surface area is 320 Å². The summed E-state index contributed by atoms with van der Waals surface area (Å²) >= 11 is 24.9. The first-order chi connectivity index (χ1) is 24.7. The van der Waals surface area contributed by atoms with Crippen LogP contribution in [0.4, 0.5) is 0 Å². The zero-order valence-electron chi connectivity index (χ0n) is 28.8. The van der Waals surface area contributed by atoms with Crippen LogP contribution in [0.25, 0.3) is 0 Å². The zero-order chi connectivity index (χ0) is 36.2. The van der Waals surface area contributed by atoms with Gasteiger partial charge in [0.25, 0.3) is 11.8 Å². The number of aromatic hydroxyl groups is 1. The largest absolute Gasteiger partial charge is 0.508 e. The van der Waals surface area contributed by atoms with Gasteiger partial charge in [0, 0.05) is 65.4 Å². The molecule has 276 valence electrons. The van der Waals surface area contributed by atoms with Crippen LogP contribution in [-0.4, -0.2) is 128 Å². The minimum absolute atomic E-state index is 0.0812. The van der Waals surface area contributed by atoms with Crippen molar-refractivity contribution in [2.75, 3.05) is 91.9 Å². The second-order valence-electron chi connectivity index (χ2n) is 12.9. The molecule has 2 heterocycles. The van der Waals surface area contributed by atoms with Gasteiger partial charge >= 0.3 is 0 Å². The molecule has 0 bridgehead atoms.